The Kier molecular flexibility index (Phi) is 3.53. The fourth-order valence-corrected chi connectivity index (χ4v) is 4.14. The third-order valence-electron chi connectivity index (χ3n) is 5.22. The molecule has 4 saturated heterocycles. The van der Waals surface area contributed by atoms with Gasteiger partial charge in [0.1, 0.15) is 17.7 Å². The molecule has 120 valence electrons. The van der Waals surface area contributed by atoms with Gasteiger partial charge in [-0.25, -0.2) is 9.97 Å². The lowest BCUT2D eigenvalue weighted by atomic mass is 9.75. The van der Waals surface area contributed by atoms with E-state index in [0.29, 0.717) is 12.5 Å². The van der Waals surface area contributed by atoms with Gasteiger partial charge in [0.15, 0.2) is 6.35 Å². The lowest BCUT2D eigenvalue weighted by Crippen LogP contribution is -2.61. The minimum atomic E-state index is -0.439. The Bertz CT molecular complexity index is 548. The number of ether oxygens (including phenoxy) is 2. The number of rotatable bonds is 3. The van der Waals surface area contributed by atoms with E-state index in [0.717, 1.165) is 24.6 Å². The minimum absolute atomic E-state index is 0.137. The van der Waals surface area contributed by atoms with Crippen LogP contribution >= 0.6 is 0 Å². The van der Waals surface area contributed by atoms with Crippen molar-refractivity contribution in [3.05, 3.63) is 18.1 Å². The number of piperidine rings is 3. The van der Waals surface area contributed by atoms with E-state index < -0.39 is 6.35 Å². The van der Waals surface area contributed by atoms with Gasteiger partial charge in [0.2, 0.25) is 0 Å². The van der Waals surface area contributed by atoms with Gasteiger partial charge in [-0.15, -0.1) is 0 Å². The third kappa shape index (κ3) is 2.28. The largest absolute Gasteiger partial charge is 0.378 e. The van der Waals surface area contributed by atoms with Crippen molar-refractivity contribution in [3.8, 4) is 0 Å². The van der Waals surface area contributed by atoms with Gasteiger partial charge >= 0.3 is 0 Å². The molecule has 2 atom stereocenters. The summed E-state index contributed by atoms with van der Waals surface area (Å²) in [5, 5.41) is 0. The monoisotopic (exact) mass is 305 g/mol. The van der Waals surface area contributed by atoms with Crippen LogP contribution in [-0.4, -0.2) is 60.1 Å². The third-order valence-corrected chi connectivity index (χ3v) is 5.22. The molecule has 2 N–H and O–H groups in total. The first kappa shape index (κ1) is 14.3. The summed E-state index contributed by atoms with van der Waals surface area (Å²) in [7, 11) is 1.66. The maximum absolute atomic E-state index is 6.27. The van der Waals surface area contributed by atoms with Gasteiger partial charge in [-0.05, 0) is 31.8 Å². The predicted octanol–water partition coefficient (Wildman–Crippen LogP) is 0.166. The Labute approximate surface area is 130 Å². The topological polar surface area (TPSA) is 76.7 Å². The van der Waals surface area contributed by atoms with E-state index in [4.69, 9.17) is 15.2 Å². The zero-order valence-corrected chi connectivity index (χ0v) is 12.9. The first-order chi connectivity index (χ1) is 10.7. The Hall–Kier alpha value is -1.28. The number of anilines is 1. The smallest absolute Gasteiger partial charge is 0.186 e. The molecule has 0 saturated carbocycles. The number of fused-ring (bicyclic) bond motifs is 2. The van der Waals surface area contributed by atoms with Crippen LogP contribution < -0.4 is 10.6 Å². The first-order valence-electron chi connectivity index (χ1n) is 7.92. The minimum Gasteiger partial charge on any atom is -0.378 e. The second-order valence-corrected chi connectivity index (χ2v) is 6.55. The van der Waals surface area contributed by atoms with Gasteiger partial charge in [-0.1, -0.05) is 0 Å². The van der Waals surface area contributed by atoms with Crippen LogP contribution in [0.1, 0.15) is 18.5 Å². The van der Waals surface area contributed by atoms with E-state index in [9.17, 15) is 0 Å². The lowest BCUT2D eigenvalue weighted by molar-refractivity contribution is -0.137. The van der Waals surface area contributed by atoms with Crippen molar-refractivity contribution in [1.29, 1.82) is 0 Å². The van der Waals surface area contributed by atoms with E-state index in [-0.39, 0.29) is 5.60 Å². The van der Waals surface area contributed by atoms with Crippen molar-refractivity contribution in [2.75, 3.05) is 38.2 Å². The van der Waals surface area contributed by atoms with Crippen LogP contribution in [0.25, 0.3) is 0 Å². The van der Waals surface area contributed by atoms with E-state index in [1.165, 1.54) is 25.9 Å². The fourth-order valence-electron chi connectivity index (χ4n) is 4.14. The lowest BCUT2D eigenvalue weighted by Gasteiger charge is -2.50. The van der Waals surface area contributed by atoms with E-state index in [2.05, 4.69) is 19.8 Å². The SMILES string of the molecule is COCc1cc(N2CC3(CN4CCC3CC4)OC2N)ncn1. The molecule has 1 spiro atoms. The molecule has 2 unspecified atom stereocenters. The van der Waals surface area contributed by atoms with Gasteiger partial charge in [0.05, 0.1) is 18.8 Å². The Morgan fingerprint density at radius 2 is 2.18 bits per heavy atom. The maximum Gasteiger partial charge on any atom is 0.186 e. The summed E-state index contributed by atoms with van der Waals surface area (Å²) < 4.78 is 11.4. The highest BCUT2D eigenvalue weighted by atomic mass is 16.6. The summed E-state index contributed by atoms with van der Waals surface area (Å²) in [6.07, 6.45) is 3.54. The molecule has 4 fully saturated rings. The highest BCUT2D eigenvalue weighted by molar-refractivity contribution is 5.42. The molecule has 7 heteroatoms. The van der Waals surface area contributed by atoms with Gasteiger partial charge in [-0.3, -0.25) is 5.73 Å². The summed E-state index contributed by atoms with van der Waals surface area (Å²) in [6.45, 7) is 4.64. The predicted molar refractivity (Wildman–Crippen MR) is 81.0 cm³/mol. The summed E-state index contributed by atoms with van der Waals surface area (Å²) >= 11 is 0. The number of hydrogen-bond donors (Lipinski definition) is 1. The Morgan fingerprint density at radius 3 is 2.86 bits per heavy atom. The van der Waals surface area contributed by atoms with Crippen LogP contribution in [-0.2, 0) is 16.1 Å². The van der Waals surface area contributed by atoms with Crippen molar-refractivity contribution in [3.63, 3.8) is 0 Å². The first-order valence-corrected chi connectivity index (χ1v) is 7.92. The summed E-state index contributed by atoms with van der Waals surface area (Å²) in [5.41, 5.74) is 6.99. The van der Waals surface area contributed by atoms with Gasteiger partial charge in [-0.2, -0.15) is 0 Å². The Morgan fingerprint density at radius 1 is 1.36 bits per heavy atom. The van der Waals surface area contributed by atoms with Crippen molar-refractivity contribution < 1.29 is 9.47 Å². The standard InChI is InChI=1S/C15H23N5O2/c1-21-7-12-6-13(18-10-17-12)20-9-15(22-14(20)16)8-19-4-2-11(15)3-5-19/h6,10-11,14H,2-5,7-9,16H2,1H3. The average Bonchev–Trinajstić information content (AvgIpc) is 2.85. The average molecular weight is 305 g/mol. The molecule has 0 radical (unpaired) electrons. The summed E-state index contributed by atoms with van der Waals surface area (Å²) in [6, 6.07) is 1.94. The molecule has 5 rings (SSSR count). The fraction of sp³-hybridized carbons (Fsp3) is 0.733. The number of nitrogens with two attached hydrogens (primary N) is 1. The molecule has 4 aliphatic heterocycles. The highest BCUT2D eigenvalue weighted by Crippen LogP contribution is 2.43. The molecule has 7 nitrogen and oxygen atoms in total. The van der Waals surface area contributed by atoms with Crippen molar-refractivity contribution >= 4 is 5.82 Å². The number of methoxy groups -OCH3 is 1. The van der Waals surface area contributed by atoms with E-state index in [1.54, 1.807) is 13.4 Å². The van der Waals surface area contributed by atoms with Crippen molar-refractivity contribution in [2.24, 2.45) is 11.7 Å². The number of hydrogen-bond acceptors (Lipinski definition) is 7. The van der Waals surface area contributed by atoms with Crippen LogP contribution in [0.3, 0.4) is 0 Å². The summed E-state index contributed by atoms with van der Waals surface area (Å²) in [4.78, 5) is 13.1. The molecule has 1 aromatic rings. The van der Waals surface area contributed by atoms with Crippen LogP contribution in [0.4, 0.5) is 5.82 Å². The van der Waals surface area contributed by atoms with Gasteiger partial charge in [0, 0.05) is 19.7 Å². The summed E-state index contributed by atoms with van der Waals surface area (Å²) in [5.74, 6) is 1.43. The van der Waals surface area contributed by atoms with Crippen molar-refractivity contribution in [1.82, 2.24) is 14.9 Å². The zero-order chi connectivity index (χ0) is 15.2. The molecule has 0 aliphatic carbocycles. The van der Waals surface area contributed by atoms with E-state index in [1.807, 2.05) is 6.07 Å². The molecular weight excluding hydrogens is 282 g/mol. The second-order valence-electron chi connectivity index (χ2n) is 6.55. The normalized spacial score (nSPS) is 37.2. The van der Waals surface area contributed by atoms with Crippen LogP contribution in [0.2, 0.25) is 0 Å². The highest BCUT2D eigenvalue weighted by Gasteiger charge is 2.54. The van der Waals surface area contributed by atoms with Crippen LogP contribution in [0.5, 0.6) is 0 Å². The maximum atomic E-state index is 6.27. The van der Waals surface area contributed by atoms with E-state index >= 15 is 0 Å². The van der Waals surface area contributed by atoms with Gasteiger partial charge < -0.3 is 19.3 Å². The Balaban J connectivity index is 1.57. The number of aromatic nitrogens is 2. The molecule has 4 aliphatic rings. The zero-order valence-electron chi connectivity index (χ0n) is 12.9. The van der Waals surface area contributed by atoms with Crippen LogP contribution in [0, 0.1) is 5.92 Å². The molecule has 0 amide bonds. The van der Waals surface area contributed by atoms with Crippen molar-refractivity contribution in [2.45, 2.75) is 31.4 Å². The molecule has 2 bridgehead atoms. The molecule has 1 aromatic heterocycles. The molecule has 0 aromatic carbocycles. The van der Waals surface area contributed by atoms with Crippen LogP contribution in [0.15, 0.2) is 12.4 Å². The second kappa shape index (κ2) is 5.42. The molecule has 5 heterocycles. The molecular formula is C15H23N5O2. The molecule has 22 heavy (non-hydrogen) atoms. The van der Waals surface area contributed by atoms with Gasteiger partial charge in [0.25, 0.3) is 0 Å². The number of nitrogens with zero attached hydrogens (tertiary/aromatic N) is 4. The quantitative estimate of drug-likeness (QED) is 0.853.